The molecule has 1 unspecified atom stereocenters. The van der Waals surface area contributed by atoms with Gasteiger partial charge in [-0.3, -0.25) is 19.4 Å². The van der Waals surface area contributed by atoms with Gasteiger partial charge >= 0.3 is 0 Å². The molecule has 2 aliphatic rings. The van der Waals surface area contributed by atoms with Crippen LogP contribution in [-0.4, -0.2) is 66.4 Å². The van der Waals surface area contributed by atoms with E-state index in [9.17, 15) is 9.59 Å². The van der Waals surface area contributed by atoms with Crippen molar-refractivity contribution in [2.45, 2.75) is 38.4 Å². The Morgan fingerprint density at radius 3 is 2.67 bits per heavy atom. The van der Waals surface area contributed by atoms with E-state index >= 15 is 0 Å². The first kappa shape index (κ1) is 17.4. The third-order valence-corrected chi connectivity index (χ3v) is 5.54. The number of carbonyl (C=O) groups is 2. The van der Waals surface area contributed by atoms with Gasteiger partial charge in [-0.25, -0.2) is 0 Å². The van der Waals surface area contributed by atoms with Crippen LogP contribution in [0.3, 0.4) is 0 Å². The third kappa shape index (κ3) is 5.03. The van der Waals surface area contributed by atoms with Crippen molar-refractivity contribution in [2.24, 2.45) is 0 Å². The third-order valence-electron chi connectivity index (χ3n) is 4.66. The van der Waals surface area contributed by atoms with Gasteiger partial charge in [0.2, 0.25) is 11.8 Å². The van der Waals surface area contributed by atoms with Crippen LogP contribution >= 0.6 is 11.3 Å². The fourth-order valence-electron chi connectivity index (χ4n) is 2.88. The van der Waals surface area contributed by atoms with E-state index in [0.717, 1.165) is 39.0 Å². The summed E-state index contributed by atoms with van der Waals surface area (Å²) in [6, 6.07) is 4.35. The first-order chi connectivity index (χ1) is 11.6. The van der Waals surface area contributed by atoms with Gasteiger partial charge < -0.3 is 10.6 Å². The molecule has 3 rings (SSSR count). The molecule has 1 atom stereocenters. The van der Waals surface area contributed by atoms with Crippen LogP contribution in [0.15, 0.2) is 17.5 Å². The maximum absolute atomic E-state index is 12.1. The Balaban J connectivity index is 1.35. The Labute approximate surface area is 147 Å². The first-order valence-corrected chi connectivity index (χ1v) is 9.55. The smallest absolute Gasteiger partial charge is 0.237 e. The van der Waals surface area contributed by atoms with Gasteiger partial charge in [0.05, 0.1) is 19.1 Å². The summed E-state index contributed by atoms with van der Waals surface area (Å²) in [6.45, 7) is 6.33. The first-order valence-electron chi connectivity index (χ1n) is 8.67. The van der Waals surface area contributed by atoms with E-state index in [-0.39, 0.29) is 17.9 Å². The Morgan fingerprint density at radius 2 is 2.04 bits per heavy atom. The van der Waals surface area contributed by atoms with Crippen LogP contribution in [0.2, 0.25) is 0 Å². The molecule has 6 nitrogen and oxygen atoms in total. The van der Waals surface area contributed by atoms with Crippen molar-refractivity contribution in [3.8, 4) is 0 Å². The molecule has 2 amide bonds. The molecule has 132 valence electrons. The van der Waals surface area contributed by atoms with E-state index in [1.807, 2.05) is 24.4 Å². The van der Waals surface area contributed by atoms with Crippen LogP contribution in [0.4, 0.5) is 0 Å². The minimum absolute atomic E-state index is 0.0661. The molecular formula is C17H26N4O2S. The zero-order valence-corrected chi connectivity index (χ0v) is 15.0. The lowest BCUT2D eigenvalue weighted by Crippen LogP contribution is -2.55. The number of nitrogens with zero attached hydrogens (tertiary/aromatic N) is 2. The van der Waals surface area contributed by atoms with Crippen molar-refractivity contribution >= 4 is 23.2 Å². The SMILES string of the molecule is CC(C(=O)NC1CC1)N1CCN(CC(=O)NCc2cccs2)CC1. The van der Waals surface area contributed by atoms with Gasteiger partial charge in [-0.05, 0) is 31.2 Å². The van der Waals surface area contributed by atoms with Gasteiger partial charge in [0.1, 0.15) is 0 Å². The maximum Gasteiger partial charge on any atom is 0.237 e. The summed E-state index contributed by atoms with van der Waals surface area (Å²) in [5.41, 5.74) is 0. The molecule has 7 heteroatoms. The van der Waals surface area contributed by atoms with Gasteiger partial charge in [0.25, 0.3) is 0 Å². The van der Waals surface area contributed by atoms with E-state index in [1.54, 1.807) is 11.3 Å². The van der Waals surface area contributed by atoms with Crippen molar-refractivity contribution in [3.05, 3.63) is 22.4 Å². The minimum Gasteiger partial charge on any atom is -0.352 e. The van der Waals surface area contributed by atoms with E-state index in [2.05, 4.69) is 20.4 Å². The van der Waals surface area contributed by atoms with Crippen LogP contribution in [0, 0.1) is 0 Å². The lowest BCUT2D eigenvalue weighted by atomic mass is 10.2. The highest BCUT2D eigenvalue weighted by Gasteiger charge is 2.30. The quantitative estimate of drug-likeness (QED) is 0.758. The van der Waals surface area contributed by atoms with E-state index in [0.29, 0.717) is 19.1 Å². The number of amides is 2. The van der Waals surface area contributed by atoms with Crippen molar-refractivity contribution in [1.29, 1.82) is 0 Å². The molecule has 1 aliphatic carbocycles. The van der Waals surface area contributed by atoms with Crippen LogP contribution in [0.1, 0.15) is 24.6 Å². The van der Waals surface area contributed by atoms with Gasteiger partial charge in [-0.2, -0.15) is 0 Å². The van der Waals surface area contributed by atoms with Crippen LogP contribution in [0.5, 0.6) is 0 Å². The monoisotopic (exact) mass is 350 g/mol. The van der Waals surface area contributed by atoms with Crippen molar-refractivity contribution < 1.29 is 9.59 Å². The molecule has 24 heavy (non-hydrogen) atoms. The molecule has 1 aromatic rings. The second-order valence-electron chi connectivity index (χ2n) is 6.63. The average Bonchev–Trinajstić information content (AvgIpc) is 3.24. The second kappa shape index (κ2) is 8.09. The lowest BCUT2D eigenvalue weighted by molar-refractivity contribution is -0.128. The highest BCUT2D eigenvalue weighted by Crippen LogP contribution is 2.19. The van der Waals surface area contributed by atoms with E-state index < -0.39 is 0 Å². The standard InChI is InChI=1S/C17H26N4O2S/c1-13(17(23)19-14-4-5-14)21-8-6-20(7-9-21)12-16(22)18-11-15-3-2-10-24-15/h2-3,10,13-14H,4-9,11-12H2,1H3,(H,18,22)(H,19,23). The summed E-state index contributed by atoms with van der Waals surface area (Å²) in [6.07, 6.45) is 2.24. The summed E-state index contributed by atoms with van der Waals surface area (Å²) in [5, 5.41) is 8.05. The van der Waals surface area contributed by atoms with Gasteiger partial charge in [-0.1, -0.05) is 6.07 Å². The predicted octanol–water partition coefficient (Wildman–Crippen LogP) is 0.649. The highest BCUT2D eigenvalue weighted by atomic mass is 32.1. The Hall–Kier alpha value is -1.44. The Kier molecular flexibility index (Phi) is 5.86. The van der Waals surface area contributed by atoms with E-state index in [4.69, 9.17) is 0 Å². The van der Waals surface area contributed by atoms with Gasteiger partial charge in [0.15, 0.2) is 0 Å². The zero-order chi connectivity index (χ0) is 16.9. The molecule has 0 aromatic carbocycles. The molecule has 2 fully saturated rings. The van der Waals surface area contributed by atoms with Crippen molar-refractivity contribution in [2.75, 3.05) is 32.7 Å². The van der Waals surface area contributed by atoms with Gasteiger partial charge in [0, 0.05) is 37.1 Å². The fraction of sp³-hybridized carbons (Fsp3) is 0.647. The summed E-state index contributed by atoms with van der Waals surface area (Å²) in [5.74, 6) is 0.205. The highest BCUT2D eigenvalue weighted by molar-refractivity contribution is 7.09. The largest absolute Gasteiger partial charge is 0.352 e. The maximum atomic E-state index is 12.1. The molecule has 2 N–H and O–H groups in total. The predicted molar refractivity (Wildman–Crippen MR) is 94.8 cm³/mol. The average molecular weight is 350 g/mol. The lowest BCUT2D eigenvalue weighted by Gasteiger charge is -2.37. The molecule has 1 aliphatic heterocycles. The molecule has 0 bridgehead atoms. The normalized spacial score (nSPS) is 20.5. The van der Waals surface area contributed by atoms with Crippen molar-refractivity contribution in [3.63, 3.8) is 0 Å². The number of thiophene rings is 1. The number of piperazine rings is 1. The molecule has 2 heterocycles. The molecule has 0 radical (unpaired) electrons. The molecular weight excluding hydrogens is 324 g/mol. The number of carbonyl (C=O) groups excluding carboxylic acids is 2. The fourth-order valence-corrected chi connectivity index (χ4v) is 3.53. The summed E-state index contributed by atoms with van der Waals surface area (Å²) in [7, 11) is 0. The second-order valence-corrected chi connectivity index (χ2v) is 7.66. The topological polar surface area (TPSA) is 64.7 Å². The minimum atomic E-state index is -0.0830. The number of hydrogen-bond donors (Lipinski definition) is 2. The number of rotatable bonds is 7. The van der Waals surface area contributed by atoms with Crippen LogP contribution in [-0.2, 0) is 16.1 Å². The molecule has 1 saturated carbocycles. The molecule has 1 saturated heterocycles. The summed E-state index contributed by atoms with van der Waals surface area (Å²) < 4.78 is 0. The van der Waals surface area contributed by atoms with E-state index in [1.165, 1.54) is 4.88 Å². The Morgan fingerprint density at radius 1 is 1.29 bits per heavy atom. The van der Waals surface area contributed by atoms with Crippen LogP contribution in [0.25, 0.3) is 0 Å². The van der Waals surface area contributed by atoms with Crippen LogP contribution < -0.4 is 10.6 Å². The zero-order valence-electron chi connectivity index (χ0n) is 14.2. The Bertz CT molecular complexity index is 551. The molecule has 0 spiro atoms. The summed E-state index contributed by atoms with van der Waals surface area (Å²) >= 11 is 1.65. The molecule has 1 aromatic heterocycles. The number of nitrogens with one attached hydrogen (secondary N) is 2. The van der Waals surface area contributed by atoms with Crippen molar-refractivity contribution in [1.82, 2.24) is 20.4 Å². The summed E-state index contributed by atoms with van der Waals surface area (Å²) in [4.78, 5) is 29.7. The number of hydrogen-bond acceptors (Lipinski definition) is 5. The van der Waals surface area contributed by atoms with Gasteiger partial charge in [-0.15, -0.1) is 11.3 Å².